The van der Waals surface area contributed by atoms with Gasteiger partial charge in [0.05, 0.1) is 37.7 Å². The highest BCUT2D eigenvalue weighted by atomic mass is 32.1. The molecule has 1 aliphatic rings. The number of hydrogen-bond acceptors (Lipinski definition) is 7. The molecule has 1 fully saturated rings. The van der Waals surface area contributed by atoms with Crippen molar-refractivity contribution in [3.05, 3.63) is 64.5 Å². The number of morpholine rings is 1. The maximum atomic E-state index is 13.3. The lowest BCUT2D eigenvalue weighted by atomic mass is 10.1. The first kappa shape index (κ1) is 25.1. The van der Waals surface area contributed by atoms with Crippen LogP contribution in [0.25, 0.3) is 11.3 Å². The summed E-state index contributed by atoms with van der Waals surface area (Å²) in [4.78, 5) is 19.5. The van der Waals surface area contributed by atoms with E-state index < -0.39 is 0 Å². The van der Waals surface area contributed by atoms with Gasteiger partial charge in [0.1, 0.15) is 5.82 Å². The van der Waals surface area contributed by atoms with Gasteiger partial charge in [0.25, 0.3) is 0 Å². The van der Waals surface area contributed by atoms with Crippen LogP contribution in [0.3, 0.4) is 0 Å². The molecule has 1 N–H and O–H groups in total. The molecular formula is C26H31FN4O3S. The van der Waals surface area contributed by atoms with Crippen molar-refractivity contribution < 1.29 is 18.7 Å². The second-order valence-electron chi connectivity index (χ2n) is 8.13. The Morgan fingerprint density at radius 1 is 1.14 bits per heavy atom. The third-order valence-electron chi connectivity index (χ3n) is 5.70. The molecule has 2 heterocycles. The molecule has 1 aliphatic heterocycles. The highest BCUT2D eigenvalue weighted by Crippen LogP contribution is 2.25. The SMILES string of the molecule is CCOC(=O)CNCCCn1c(-c2ccc(N3CCOCC3)cc2)csc1=Nc1ccc(F)cc1. The van der Waals surface area contributed by atoms with Crippen molar-refractivity contribution in [2.45, 2.75) is 19.9 Å². The van der Waals surface area contributed by atoms with Gasteiger partial charge >= 0.3 is 5.97 Å². The maximum Gasteiger partial charge on any atom is 0.319 e. The number of thiazole rings is 1. The van der Waals surface area contributed by atoms with Crippen LogP contribution in [-0.2, 0) is 20.8 Å². The van der Waals surface area contributed by atoms with Crippen LogP contribution in [0.5, 0.6) is 0 Å². The first-order chi connectivity index (χ1) is 17.1. The Labute approximate surface area is 208 Å². The van der Waals surface area contributed by atoms with E-state index in [1.165, 1.54) is 17.8 Å². The molecule has 1 saturated heterocycles. The van der Waals surface area contributed by atoms with E-state index >= 15 is 0 Å². The standard InChI is InChI=1S/C26H31FN4O3S/c1-2-34-25(32)18-28-12-3-13-31-24(19-35-26(31)29-22-8-6-21(27)7-9-22)20-4-10-23(11-5-20)30-14-16-33-17-15-30/h4-11,19,28H,2-3,12-18H2,1H3. The monoisotopic (exact) mass is 498 g/mol. The molecule has 0 spiro atoms. The molecule has 35 heavy (non-hydrogen) atoms. The van der Waals surface area contributed by atoms with E-state index in [1.807, 2.05) is 0 Å². The highest BCUT2D eigenvalue weighted by Gasteiger charge is 2.13. The van der Waals surface area contributed by atoms with Crippen LogP contribution >= 0.6 is 11.3 Å². The van der Waals surface area contributed by atoms with E-state index in [0.29, 0.717) is 18.8 Å². The van der Waals surface area contributed by atoms with Crippen LogP contribution in [0.1, 0.15) is 13.3 Å². The van der Waals surface area contributed by atoms with Crippen LogP contribution in [-0.4, -0.2) is 56.5 Å². The number of rotatable bonds is 10. The number of aromatic nitrogens is 1. The predicted octanol–water partition coefficient (Wildman–Crippen LogP) is 3.97. The summed E-state index contributed by atoms with van der Waals surface area (Å²) in [6.45, 7) is 7.08. The number of esters is 1. The van der Waals surface area contributed by atoms with E-state index in [0.717, 1.165) is 55.3 Å². The van der Waals surface area contributed by atoms with Crippen molar-refractivity contribution in [1.29, 1.82) is 0 Å². The molecule has 9 heteroatoms. The second-order valence-corrected chi connectivity index (χ2v) is 8.96. The van der Waals surface area contributed by atoms with Gasteiger partial charge in [0.2, 0.25) is 0 Å². The average Bonchev–Trinajstić information content (AvgIpc) is 3.28. The Morgan fingerprint density at radius 2 is 1.89 bits per heavy atom. The van der Waals surface area contributed by atoms with Crippen LogP contribution in [0, 0.1) is 5.82 Å². The lowest BCUT2D eigenvalue weighted by molar-refractivity contribution is -0.141. The number of ether oxygens (including phenoxy) is 2. The summed E-state index contributed by atoms with van der Waals surface area (Å²) in [6, 6.07) is 14.8. The first-order valence-electron chi connectivity index (χ1n) is 11.9. The highest BCUT2D eigenvalue weighted by molar-refractivity contribution is 7.07. The molecule has 7 nitrogen and oxygen atoms in total. The molecule has 0 bridgehead atoms. The van der Waals surface area contributed by atoms with Gasteiger partial charge in [0.15, 0.2) is 4.80 Å². The summed E-state index contributed by atoms with van der Waals surface area (Å²) < 4.78 is 26.0. The van der Waals surface area contributed by atoms with Crippen LogP contribution in [0.2, 0.25) is 0 Å². The number of carbonyl (C=O) groups is 1. The number of carbonyl (C=O) groups excluding carboxylic acids is 1. The molecule has 186 valence electrons. The third kappa shape index (κ3) is 7.00. The van der Waals surface area contributed by atoms with Crippen molar-refractivity contribution in [2.75, 3.05) is 50.9 Å². The van der Waals surface area contributed by atoms with Crippen molar-refractivity contribution in [2.24, 2.45) is 4.99 Å². The van der Waals surface area contributed by atoms with Gasteiger partial charge in [0, 0.05) is 30.7 Å². The summed E-state index contributed by atoms with van der Waals surface area (Å²) in [5.74, 6) is -0.527. The Bertz CT molecular complexity index is 1150. The Kier molecular flexibility index (Phi) is 9.05. The molecule has 0 aliphatic carbocycles. The Morgan fingerprint density at radius 3 is 2.60 bits per heavy atom. The van der Waals surface area contributed by atoms with Gasteiger partial charge < -0.3 is 24.3 Å². The summed E-state index contributed by atoms with van der Waals surface area (Å²) in [6.07, 6.45) is 0.811. The summed E-state index contributed by atoms with van der Waals surface area (Å²) in [7, 11) is 0. The zero-order chi connectivity index (χ0) is 24.5. The van der Waals surface area contributed by atoms with E-state index in [9.17, 15) is 9.18 Å². The fraction of sp³-hybridized carbons (Fsp3) is 0.385. The lowest BCUT2D eigenvalue weighted by Crippen LogP contribution is -2.36. The zero-order valence-corrected chi connectivity index (χ0v) is 20.7. The number of halogens is 1. The van der Waals surface area contributed by atoms with Crippen molar-refractivity contribution in [3.63, 3.8) is 0 Å². The number of benzene rings is 2. The number of anilines is 1. The summed E-state index contributed by atoms with van der Waals surface area (Å²) in [5, 5.41) is 5.25. The van der Waals surface area contributed by atoms with Crippen LogP contribution in [0.15, 0.2) is 58.9 Å². The quantitative estimate of drug-likeness (QED) is 0.339. The van der Waals surface area contributed by atoms with Crippen molar-refractivity contribution in [1.82, 2.24) is 9.88 Å². The zero-order valence-electron chi connectivity index (χ0n) is 19.9. The van der Waals surface area contributed by atoms with Gasteiger partial charge in [-0.15, -0.1) is 11.3 Å². The molecule has 0 unspecified atom stereocenters. The Hall–Kier alpha value is -3.01. The maximum absolute atomic E-state index is 13.3. The molecule has 0 atom stereocenters. The van der Waals surface area contributed by atoms with E-state index in [4.69, 9.17) is 14.5 Å². The fourth-order valence-electron chi connectivity index (χ4n) is 3.92. The molecule has 2 aromatic carbocycles. The van der Waals surface area contributed by atoms with Gasteiger partial charge in [-0.25, -0.2) is 9.38 Å². The Balaban J connectivity index is 1.53. The minimum atomic E-state index is -0.281. The van der Waals surface area contributed by atoms with Crippen molar-refractivity contribution in [3.8, 4) is 11.3 Å². The van der Waals surface area contributed by atoms with Crippen molar-refractivity contribution >= 4 is 28.7 Å². The second kappa shape index (κ2) is 12.6. The minimum Gasteiger partial charge on any atom is -0.465 e. The number of hydrogen-bond donors (Lipinski definition) is 1. The predicted molar refractivity (Wildman–Crippen MR) is 137 cm³/mol. The lowest BCUT2D eigenvalue weighted by Gasteiger charge is -2.28. The van der Waals surface area contributed by atoms with Gasteiger partial charge in [-0.1, -0.05) is 12.1 Å². The first-order valence-corrected chi connectivity index (χ1v) is 12.8. The fourth-order valence-corrected chi connectivity index (χ4v) is 4.88. The molecule has 1 aromatic heterocycles. The molecule has 3 aromatic rings. The topological polar surface area (TPSA) is 68.1 Å². The van der Waals surface area contributed by atoms with E-state index in [1.54, 1.807) is 30.4 Å². The summed E-state index contributed by atoms with van der Waals surface area (Å²) >= 11 is 1.56. The summed E-state index contributed by atoms with van der Waals surface area (Å²) in [5.41, 5.74) is 4.09. The van der Waals surface area contributed by atoms with Crippen LogP contribution < -0.4 is 15.0 Å². The number of nitrogens with zero attached hydrogens (tertiary/aromatic N) is 3. The van der Waals surface area contributed by atoms with Gasteiger partial charge in [-0.2, -0.15) is 0 Å². The third-order valence-corrected chi connectivity index (χ3v) is 6.56. The molecular weight excluding hydrogens is 467 g/mol. The molecule has 0 radical (unpaired) electrons. The smallest absolute Gasteiger partial charge is 0.319 e. The average molecular weight is 499 g/mol. The molecule has 0 amide bonds. The van der Waals surface area contributed by atoms with Gasteiger partial charge in [-0.05, 0) is 61.9 Å². The number of nitrogens with one attached hydrogen (secondary N) is 1. The molecule has 4 rings (SSSR count). The molecule has 0 saturated carbocycles. The van der Waals surface area contributed by atoms with E-state index in [2.05, 4.69) is 44.4 Å². The van der Waals surface area contributed by atoms with Crippen LogP contribution in [0.4, 0.5) is 15.8 Å². The normalized spacial score (nSPS) is 14.3. The largest absolute Gasteiger partial charge is 0.465 e. The van der Waals surface area contributed by atoms with Gasteiger partial charge in [-0.3, -0.25) is 4.79 Å². The van der Waals surface area contributed by atoms with E-state index in [-0.39, 0.29) is 18.3 Å². The minimum absolute atomic E-state index is 0.199.